The first-order chi connectivity index (χ1) is 17.3. The average Bonchev–Trinajstić information content (AvgIpc) is 3.27. The molecule has 36 heavy (non-hydrogen) atoms. The van der Waals surface area contributed by atoms with Crippen molar-refractivity contribution in [2.45, 2.75) is 52.3 Å². The van der Waals surface area contributed by atoms with Gasteiger partial charge in [-0.2, -0.15) is 15.0 Å². The molecule has 0 saturated carbocycles. The number of nitrogens with zero attached hydrogens (tertiary/aromatic N) is 5. The van der Waals surface area contributed by atoms with Crippen LogP contribution in [0.3, 0.4) is 0 Å². The van der Waals surface area contributed by atoms with Gasteiger partial charge in [0.1, 0.15) is 6.23 Å². The number of piperidine rings is 1. The molecule has 2 unspecified atom stereocenters. The zero-order valence-corrected chi connectivity index (χ0v) is 22.2. The van der Waals surface area contributed by atoms with Crippen LogP contribution < -0.4 is 26.6 Å². The zero-order chi connectivity index (χ0) is 25.7. The molecular formula is C26H43N9O. The molecule has 3 heterocycles. The number of aliphatic hydroxyl groups excluding tert-OH is 1. The van der Waals surface area contributed by atoms with Crippen molar-refractivity contribution in [3.63, 3.8) is 0 Å². The van der Waals surface area contributed by atoms with E-state index < -0.39 is 6.23 Å². The topological polar surface area (TPSA) is 127 Å². The largest absolute Gasteiger partial charge is 0.375 e. The van der Waals surface area contributed by atoms with Gasteiger partial charge in [0.15, 0.2) is 0 Å². The third-order valence-corrected chi connectivity index (χ3v) is 7.03. The number of nitrogens with one attached hydrogen (secondary N) is 3. The second-order valence-electron chi connectivity index (χ2n) is 10.8. The summed E-state index contributed by atoms with van der Waals surface area (Å²) in [7, 11) is 2.01. The van der Waals surface area contributed by atoms with Gasteiger partial charge < -0.3 is 36.6 Å². The number of aliphatic hydroxyl groups is 1. The van der Waals surface area contributed by atoms with Gasteiger partial charge in [-0.1, -0.05) is 26.0 Å². The molecule has 0 aliphatic carbocycles. The molecule has 0 amide bonds. The smallest absolute Gasteiger partial charge is 0.233 e. The number of anilines is 4. The summed E-state index contributed by atoms with van der Waals surface area (Å²) in [5.41, 5.74) is 8.13. The predicted molar refractivity (Wildman–Crippen MR) is 146 cm³/mol. The first-order valence-corrected chi connectivity index (χ1v) is 13.2. The maximum absolute atomic E-state index is 9.82. The summed E-state index contributed by atoms with van der Waals surface area (Å²) < 4.78 is 0. The van der Waals surface area contributed by atoms with Crippen LogP contribution in [-0.2, 0) is 0 Å². The van der Waals surface area contributed by atoms with E-state index in [1.165, 1.54) is 19.4 Å². The van der Waals surface area contributed by atoms with Crippen molar-refractivity contribution in [3.05, 3.63) is 29.3 Å². The maximum Gasteiger partial charge on any atom is 0.233 e. The number of benzene rings is 1. The predicted octanol–water partition coefficient (Wildman–Crippen LogP) is 2.45. The summed E-state index contributed by atoms with van der Waals surface area (Å²) in [6, 6.07) is 5.89. The molecule has 2 aliphatic heterocycles. The summed E-state index contributed by atoms with van der Waals surface area (Å²) >= 11 is 0. The van der Waals surface area contributed by atoms with Crippen LogP contribution in [0, 0.1) is 18.8 Å². The molecule has 6 N–H and O–H groups in total. The van der Waals surface area contributed by atoms with E-state index in [1.54, 1.807) is 0 Å². The Morgan fingerprint density at radius 2 is 1.92 bits per heavy atom. The van der Waals surface area contributed by atoms with Crippen molar-refractivity contribution >= 4 is 23.5 Å². The lowest BCUT2D eigenvalue weighted by atomic mass is 9.98. The minimum Gasteiger partial charge on any atom is -0.375 e. The number of aromatic nitrogens is 3. The summed E-state index contributed by atoms with van der Waals surface area (Å²) in [4.78, 5) is 18.8. The number of hydrogen-bond acceptors (Lipinski definition) is 10. The Labute approximate surface area is 215 Å². The van der Waals surface area contributed by atoms with E-state index in [0.717, 1.165) is 56.3 Å². The van der Waals surface area contributed by atoms with Crippen molar-refractivity contribution in [2.24, 2.45) is 17.6 Å². The molecule has 2 aromatic rings. The molecule has 198 valence electrons. The van der Waals surface area contributed by atoms with Crippen LogP contribution in [0.1, 0.15) is 50.5 Å². The van der Waals surface area contributed by atoms with Crippen molar-refractivity contribution in [3.8, 4) is 0 Å². The van der Waals surface area contributed by atoms with E-state index >= 15 is 0 Å². The number of likely N-dealkylation sites (tertiary alicyclic amines) is 1. The third-order valence-electron chi connectivity index (χ3n) is 7.03. The number of aryl methyl sites for hydroxylation is 1. The molecule has 1 aromatic heterocycles. The second kappa shape index (κ2) is 12.1. The van der Waals surface area contributed by atoms with Gasteiger partial charge in [-0.15, -0.1) is 0 Å². The van der Waals surface area contributed by atoms with Crippen molar-refractivity contribution in [1.82, 2.24) is 25.2 Å². The van der Waals surface area contributed by atoms with Gasteiger partial charge in [-0.3, -0.25) is 0 Å². The maximum atomic E-state index is 9.82. The SMILES string of the molecule is Cc1ccc(C(N)O)cc1Nc1nc(NC2CCN(CC3CCNCC3)C2)nc(N(C)CC(C)C)n1. The Kier molecular flexibility index (Phi) is 8.95. The van der Waals surface area contributed by atoms with Crippen LogP contribution in [-0.4, -0.2) is 77.3 Å². The van der Waals surface area contributed by atoms with E-state index in [2.05, 4.69) is 39.6 Å². The molecule has 2 atom stereocenters. The molecule has 4 rings (SSSR count). The first-order valence-electron chi connectivity index (χ1n) is 13.2. The van der Waals surface area contributed by atoms with Gasteiger partial charge in [-0.25, -0.2) is 0 Å². The zero-order valence-electron chi connectivity index (χ0n) is 22.2. The fraction of sp³-hybridized carbons (Fsp3) is 0.654. The molecule has 2 aliphatic rings. The van der Waals surface area contributed by atoms with E-state index in [1.807, 2.05) is 32.2 Å². The molecule has 1 aromatic carbocycles. The van der Waals surface area contributed by atoms with Crippen molar-refractivity contribution in [2.75, 3.05) is 61.8 Å². The highest BCUT2D eigenvalue weighted by Gasteiger charge is 2.26. The van der Waals surface area contributed by atoms with Gasteiger partial charge in [0.2, 0.25) is 17.8 Å². The first kappa shape index (κ1) is 26.5. The van der Waals surface area contributed by atoms with Gasteiger partial charge >= 0.3 is 0 Å². The van der Waals surface area contributed by atoms with Crippen LogP contribution in [0.15, 0.2) is 18.2 Å². The van der Waals surface area contributed by atoms with Gasteiger partial charge in [0.05, 0.1) is 0 Å². The summed E-state index contributed by atoms with van der Waals surface area (Å²) in [6.07, 6.45) is 2.57. The highest BCUT2D eigenvalue weighted by molar-refractivity contribution is 5.61. The van der Waals surface area contributed by atoms with Crippen molar-refractivity contribution in [1.29, 1.82) is 0 Å². The minimum absolute atomic E-state index is 0.308. The number of rotatable bonds is 10. The Bertz CT molecular complexity index is 993. The molecule has 10 nitrogen and oxygen atoms in total. The standard InChI is InChI=1S/C26H43N9O/c1-17(2)14-34(4)26-32-24(29-21-9-12-35(16-21)15-19-7-10-28-11-8-19)31-25(33-26)30-22-13-20(23(27)36)6-5-18(22)3/h5-6,13,17,19,21,23,28,36H,7-12,14-16,27H2,1-4H3,(H2,29,30,31,32,33). The van der Waals surface area contributed by atoms with E-state index in [4.69, 9.17) is 20.7 Å². The van der Waals surface area contributed by atoms with Crippen LogP contribution >= 0.6 is 0 Å². The fourth-order valence-electron chi connectivity index (χ4n) is 5.09. The molecule has 0 radical (unpaired) electrons. The Morgan fingerprint density at radius 1 is 1.17 bits per heavy atom. The lowest BCUT2D eigenvalue weighted by molar-refractivity contribution is 0.186. The summed E-state index contributed by atoms with van der Waals surface area (Å²) in [5.74, 6) is 2.94. The van der Waals surface area contributed by atoms with Gasteiger partial charge in [0.25, 0.3) is 0 Å². The quantitative estimate of drug-likeness (QED) is 0.312. The minimum atomic E-state index is -1.04. The van der Waals surface area contributed by atoms with Crippen LogP contribution in [0.5, 0.6) is 0 Å². The summed E-state index contributed by atoms with van der Waals surface area (Å²) in [5, 5.41) is 20.2. The van der Waals surface area contributed by atoms with Crippen LogP contribution in [0.2, 0.25) is 0 Å². The van der Waals surface area contributed by atoms with Gasteiger partial charge in [0, 0.05) is 45.0 Å². The highest BCUT2D eigenvalue weighted by Crippen LogP contribution is 2.25. The monoisotopic (exact) mass is 497 g/mol. The van der Waals surface area contributed by atoms with Crippen LogP contribution in [0.25, 0.3) is 0 Å². The Balaban J connectivity index is 1.50. The average molecular weight is 498 g/mol. The Hall–Kier alpha value is -2.53. The van der Waals surface area contributed by atoms with E-state index in [9.17, 15) is 5.11 Å². The molecule has 2 fully saturated rings. The molecule has 0 spiro atoms. The summed E-state index contributed by atoms with van der Waals surface area (Å²) in [6.45, 7) is 12.8. The lowest BCUT2D eigenvalue weighted by Crippen LogP contribution is -2.36. The highest BCUT2D eigenvalue weighted by atomic mass is 16.3. The molecule has 0 bridgehead atoms. The van der Waals surface area contributed by atoms with Crippen molar-refractivity contribution < 1.29 is 5.11 Å². The number of nitrogens with two attached hydrogens (primary N) is 1. The van der Waals surface area contributed by atoms with E-state index in [0.29, 0.717) is 35.4 Å². The number of hydrogen-bond donors (Lipinski definition) is 5. The Morgan fingerprint density at radius 3 is 2.64 bits per heavy atom. The van der Waals surface area contributed by atoms with Crippen LogP contribution in [0.4, 0.5) is 23.5 Å². The third kappa shape index (κ3) is 7.25. The molecular weight excluding hydrogens is 454 g/mol. The normalized spacial score (nSPS) is 20.0. The lowest BCUT2D eigenvalue weighted by Gasteiger charge is -2.27. The second-order valence-corrected chi connectivity index (χ2v) is 10.8. The van der Waals surface area contributed by atoms with Gasteiger partial charge in [-0.05, 0) is 68.3 Å². The van der Waals surface area contributed by atoms with E-state index in [-0.39, 0.29) is 0 Å². The molecule has 2 saturated heterocycles. The molecule has 10 heteroatoms. The fourth-order valence-corrected chi connectivity index (χ4v) is 5.09.